The first-order valence-electron chi connectivity index (χ1n) is 9.14. The van der Waals surface area contributed by atoms with Crippen LogP contribution in [0.15, 0.2) is 24.3 Å². The van der Waals surface area contributed by atoms with Crippen molar-refractivity contribution in [2.75, 3.05) is 6.54 Å². The molecule has 0 spiro atoms. The number of rotatable bonds is 5. The molecule has 1 aromatic rings. The van der Waals surface area contributed by atoms with E-state index in [-0.39, 0.29) is 11.8 Å². The van der Waals surface area contributed by atoms with Crippen molar-refractivity contribution in [1.29, 1.82) is 5.26 Å². The van der Waals surface area contributed by atoms with Crippen LogP contribution in [0, 0.1) is 17.2 Å². The number of carbonyl (C=O) groups is 2. The van der Waals surface area contributed by atoms with Gasteiger partial charge in [-0.05, 0) is 37.3 Å². The zero-order chi connectivity index (χ0) is 17.8. The Labute approximate surface area is 149 Å². The van der Waals surface area contributed by atoms with Crippen LogP contribution in [0.3, 0.4) is 0 Å². The van der Waals surface area contributed by atoms with E-state index in [1.165, 1.54) is 11.1 Å². The summed E-state index contributed by atoms with van der Waals surface area (Å²) >= 11 is 0. The molecule has 1 aliphatic heterocycles. The van der Waals surface area contributed by atoms with Gasteiger partial charge in [-0.1, -0.05) is 37.1 Å². The molecule has 3 rings (SSSR count). The van der Waals surface area contributed by atoms with Crippen molar-refractivity contribution in [2.45, 2.75) is 57.7 Å². The molecule has 2 aliphatic rings. The molecule has 0 aromatic heterocycles. The number of hydrogen-bond donors (Lipinski definition) is 1. The highest BCUT2D eigenvalue weighted by Gasteiger charge is 2.35. The number of benzene rings is 1. The lowest BCUT2D eigenvalue weighted by atomic mass is 9.94. The van der Waals surface area contributed by atoms with Gasteiger partial charge in [0, 0.05) is 19.1 Å². The summed E-state index contributed by atoms with van der Waals surface area (Å²) in [4.78, 5) is 27.2. The van der Waals surface area contributed by atoms with Gasteiger partial charge in [-0.15, -0.1) is 0 Å². The van der Waals surface area contributed by atoms with E-state index in [4.69, 9.17) is 0 Å². The summed E-state index contributed by atoms with van der Waals surface area (Å²) in [5, 5.41) is 12.3. The van der Waals surface area contributed by atoms with E-state index >= 15 is 0 Å². The summed E-state index contributed by atoms with van der Waals surface area (Å²) in [7, 11) is 0. The third-order valence-corrected chi connectivity index (χ3v) is 5.50. The topological polar surface area (TPSA) is 73.2 Å². The van der Waals surface area contributed by atoms with Crippen LogP contribution in [0.25, 0.3) is 0 Å². The zero-order valence-electron chi connectivity index (χ0n) is 14.7. The average molecular weight is 339 g/mol. The van der Waals surface area contributed by atoms with Gasteiger partial charge >= 0.3 is 0 Å². The lowest BCUT2D eigenvalue weighted by Gasteiger charge is -2.33. The van der Waals surface area contributed by atoms with Crippen LogP contribution in [-0.2, 0) is 22.6 Å². The molecule has 1 saturated carbocycles. The standard InChI is InChI=1S/C20H25N3O2/c1-14(23-11-10-15-6-2-3-7-16(15)13-23)19(24)18(12-21)20(25)22-17-8-4-5-9-17/h2-3,6-7,14,17-18H,4-5,8-11,13H2,1H3,(H,22,25)/t14-,18-/m0/s1. The fraction of sp³-hybridized carbons (Fsp3) is 0.550. The van der Waals surface area contributed by atoms with E-state index in [1.807, 2.05) is 25.1 Å². The van der Waals surface area contributed by atoms with Crippen molar-refractivity contribution in [3.05, 3.63) is 35.4 Å². The summed E-state index contributed by atoms with van der Waals surface area (Å²) in [6.07, 6.45) is 4.96. The summed E-state index contributed by atoms with van der Waals surface area (Å²) in [6, 6.07) is 9.83. The Morgan fingerprint density at radius 1 is 1.24 bits per heavy atom. The second-order valence-corrected chi connectivity index (χ2v) is 7.12. The lowest BCUT2D eigenvalue weighted by molar-refractivity contribution is -0.135. The second-order valence-electron chi connectivity index (χ2n) is 7.12. The first-order valence-corrected chi connectivity index (χ1v) is 9.14. The first-order chi connectivity index (χ1) is 12.1. The van der Waals surface area contributed by atoms with Crippen molar-refractivity contribution >= 4 is 11.7 Å². The monoisotopic (exact) mass is 339 g/mol. The average Bonchev–Trinajstić information content (AvgIpc) is 3.14. The fourth-order valence-electron chi connectivity index (χ4n) is 3.88. The molecule has 25 heavy (non-hydrogen) atoms. The molecule has 1 fully saturated rings. The van der Waals surface area contributed by atoms with E-state index in [9.17, 15) is 14.9 Å². The van der Waals surface area contributed by atoms with Gasteiger partial charge in [-0.25, -0.2) is 0 Å². The van der Waals surface area contributed by atoms with Gasteiger partial charge in [0.2, 0.25) is 5.91 Å². The number of amides is 1. The predicted octanol–water partition coefficient (Wildman–Crippen LogP) is 2.20. The van der Waals surface area contributed by atoms with Gasteiger partial charge < -0.3 is 5.32 Å². The van der Waals surface area contributed by atoms with Gasteiger partial charge in [0.25, 0.3) is 0 Å². The van der Waals surface area contributed by atoms with Crippen LogP contribution in [0.1, 0.15) is 43.7 Å². The van der Waals surface area contributed by atoms with Crippen LogP contribution in [0.4, 0.5) is 0 Å². The molecule has 2 atom stereocenters. The molecule has 1 aromatic carbocycles. The highest BCUT2D eigenvalue weighted by molar-refractivity contribution is 6.06. The zero-order valence-corrected chi connectivity index (χ0v) is 14.7. The van der Waals surface area contributed by atoms with Gasteiger partial charge in [0.15, 0.2) is 11.7 Å². The van der Waals surface area contributed by atoms with Crippen LogP contribution in [0.2, 0.25) is 0 Å². The molecule has 5 nitrogen and oxygen atoms in total. The Bertz CT molecular complexity index is 688. The normalized spacial score (nSPS) is 20.3. The van der Waals surface area contributed by atoms with Crippen molar-refractivity contribution in [1.82, 2.24) is 10.2 Å². The van der Waals surface area contributed by atoms with Crippen molar-refractivity contribution in [3.8, 4) is 6.07 Å². The maximum Gasteiger partial charge on any atom is 0.245 e. The third kappa shape index (κ3) is 3.91. The molecule has 0 bridgehead atoms. The number of hydrogen-bond acceptors (Lipinski definition) is 4. The quantitative estimate of drug-likeness (QED) is 0.835. The Hall–Kier alpha value is -2.19. The largest absolute Gasteiger partial charge is 0.352 e. The molecular weight excluding hydrogens is 314 g/mol. The Morgan fingerprint density at radius 3 is 2.60 bits per heavy atom. The molecule has 1 heterocycles. The number of ketones is 1. The van der Waals surface area contributed by atoms with E-state index in [1.54, 1.807) is 0 Å². The highest BCUT2D eigenvalue weighted by Crippen LogP contribution is 2.22. The maximum absolute atomic E-state index is 12.8. The molecule has 0 saturated heterocycles. The van der Waals surface area contributed by atoms with Gasteiger partial charge in [-0.3, -0.25) is 14.5 Å². The molecule has 132 valence electrons. The smallest absolute Gasteiger partial charge is 0.245 e. The van der Waals surface area contributed by atoms with Crippen LogP contribution >= 0.6 is 0 Å². The summed E-state index contributed by atoms with van der Waals surface area (Å²) in [5.41, 5.74) is 2.53. The predicted molar refractivity (Wildman–Crippen MR) is 94.5 cm³/mol. The Kier molecular flexibility index (Phi) is 5.50. The molecule has 1 amide bonds. The van der Waals surface area contributed by atoms with E-state index in [2.05, 4.69) is 22.3 Å². The molecule has 0 unspecified atom stereocenters. The van der Waals surface area contributed by atoms with Crippen LogP contribution in [-0.4, -0.2) is 35.2 Å². The van der Waals surface area contributed by atoms with E-state index in [0.717, 1.165) is 38.6 Å². The van der Waals surface area contributed by atoms with Crippen LogP contribution < -0.4 is 5.32 Å². The third-order valence-electron chi connectivity index (χ3n) is 5.50. The molecular formula is C20H25N3O2. The summed E-state index contributed by atoms with van der Waals surface area (Å²) in [6.45, 7) is 3.27. The number of nitrogens with zero attached hydrogens (tertiary/aromatic N) is 2. The summed E-state index contributed by atoms with van der Waals surface area (Å²) in [5.74, 6) is -1.94. The van der Waals surface area contributed by atoms with E-state index < -0.39 is 17.9 Å². The fourth-order valence-corrected chi connectivity index (χ4v) is 3.88. The molecule has 0 radical (unpaired) electrons. The maximum atomic E-state index is 12.8. The number of Topliss-reactive ketones (excluding diaryl/α,β-unsaturated/α-hetero) is 1. The molecule has 1 N–H and O–H groups in total. The van der Waals surface area contributed by atoms with E-state index in [0.29, 0.717) is 6.54 Å². The minimum Gasteiger partial charge on any atom is -0.352 e. The van der Waals surface area contributed by atoms with Crippen molar-refractivity contribution in [3.63, 3.8) is 0 Å². The Morgan fingerprint density at radius 2 is 1.92 bits per heavy atom. The second kappa shape index (κ2) is 7.79. The van der Waals surface area contributed by atoms with Crippen molar-refractivity contribution < 1.29 is 9.59 Å². The highest BCUT2D eigenvalue weighted by atomic mass is 16.2. The minimum atomic E-state index is -1.22. The minimum absolute atomic E-state index is 0.119. The van der Waals surface area contributed by atoms with Gasteiger partial charge in [0.1, 0.15) is 0 Å². The number of fused-ring (bicyclic) bond motifs is 1. The van der Waals surface area contributed by atoms with Crippen molar-refractivity contribution in [2.24, 2.45) is 5.92 Å². The van der Waals surface area contributed by atoms with Gasteiger partial charge in [-0.2, -0.15) is 5.26 Å². The SMILES string of the molecule is C[C@@H](C(=O)[C@H](C#N)C(=O)NC1CCCC1)N1CCc2ccccc2C1. The Balaban J connectivity index is 1.64. The molecule has 1 aliphatic carbocycles. The number of nitriles is 1. The van der Waals surface area contributed by atoms with Crippen LogP contribution in [0.5, 0.6) is 0 Å². The molecule has 5 heteroatoms. The number of carbonyl (C=O) groups excluding carboxylic acids is 2. The number of nitrogens with one attached hydrogen (secondary N) is 1. The summed E-state index contributed by atoms with van der Waals surface area (Å²) < 4.78 is 0. The lowest BCUT2D eigenvalue weighted by Crippen LogP contribution is -2.48. The van der Waals surface area contributed by atoms with Gasteiger partial charge in [0.05, 0.1) is 12.1 Å². The first kappa shape index (κ1) is 17.6.